The van der Waals surface area contributed by atoms with Crippen molar-refractivity contribution in [1.82, 2.24) is 10.2 Å². The summed E-state index contributed by atoms with van der Waals surface area (Å²) in [6, 6.07) is 8.69. The SMILES string of the molecule is CCN(CCC(=O)Nc1ccc(C(N)=O)cc1)C(=O)CCNC(=O)c1ccc(F)cc1F. The Kier molecular flexibility index (Phi) is 8.82. The molecule has 0 bridgehead atoms. The molecule has 4 amide bonds. The van der Waals surface area contributed by atoms with Gasteiger partial charge in [0.05, 0.1) is 5.56 Å². The number of nitrogens with two attached hydrogens (primary N) is 1. The molecule has 4 N–H and O–H groups in total. The Morgan fingerprint density at radius 3 is 2.28 bits per heavy atom. The van der Waals surface area contributed by atoms with Crippen LogP contribution in [0.3, 0.4) is 0 Å². The lowest BCUT2D eigenvalue weighted by molar-refractivity contribution is -0.131. The number of nitrogens with one attached hydrogen (secondary N) is 2. The van der Waals surface area contributed by atoms with E-state index in [-0.39, 0.29) is 43.3 Å². The molecule has 170 valence electrons. The van der Waals surface area contributed by atoms with Gasteiger partial charge in [0.25, 0.3) is 5.91 Å². The number of halogens is 2. The van der Waals surface area contributed by atoms with Crippen molar-refractivity contribution < 1.29 is 28.0 Å². The van der Waals surface area contributed by atoms with E-state index in [1.54, 1.807) is 19.1 Å². The van der Waals surface area contributed by atoms with E-state index in [4.69, 9.17) is 5.73 Å². The fourth-order valence-electron chi connectivity index (χ4n) is 2.85. The summed E-state index contributed by atoms with van der Waals surface area (Å²) in [6.45, 7) is 2.25. The van der Waals surface area contributed by atoms with Gasteiger partial charge in [0, 0.05) is 49.8 Å². The molecule has 2 aromatic rings. The number of carbonyl (C=O) groups excluding carboxylic acids is 4. The maximum atomic E-state index is 13.6. The van der Waals surface area contributed by atoms with E-state index >= 15 is 0 Å². The van der Waals surface area contributed by atoms with Gasteiger partial charge in [-0.15, -0.1) is 0 Å². The van der Waals surface area contributed by atoms with Gasteiger partial charge in [0.2, 0.25) is 17.7 Å². The molecule has 0 spiro atoms. The number of benzene rings is 2. The number of hydrogen-bond donors (Lipinski definition) is 3. The second kappa shape index (κ2) is 11.5. The second-order valence-corrected chi connectivity index (χ2v) is 6.84. The number of nitrogens with zero attached hydrogens (tertiary/aromatic N) is 1. The smallest absolute Gasteiger partial charge is 0.254 e. The lowest BCUT2D eigenvalue weighted by Gasteiger charge is -2.21. The van der Waals surface area contributed by atoms with Crippen molar-refractivity contribution in [1.29, 1.82) is 0 Å². The molecule has 2 rings (SSSR count). The molecule has 0 aliphatic rings. The molecule has 0 saturated heterocycles. The fourth-order valence-corrected chi connectivity index (χ4v) is 2.85. The van der Waals surface area contributed by atoms with E-state index in [0.29, 0.717) is 23.9 Å². The number of amides is 4. The van der Waals surface area contributed by atoms with Gasteiger partial charge >= 0.3 is 0 Å². The summed E-state index contributed by atoms with van der Waals surface area (Å²) in [7, 11) is 0. The average molecular weight is 446 g/mol. The highest BCUT2D eigenvalue weighted by molar-refractivity contribution is 5.95. The van der Waals surface area contributed by atoms with E-state index in [0.717, 1.165) is 12.1 Å². The maximum Gasteiger partial charge on any atom is 0.254 e. The van der Waals surface area contributed by atoms with Crippen LogP contribution in [-0.4, -0.2) is 48.2 Å². The summed E-state index contributed by atoms with van der Waals surface area (Å²) >= 11 is 0. The van der Waals surface area contributed by atoms with Crippen LogP contribution in [0.1, 0.15) is 40.5 Å². The highest BCUT2D eigenvalue weighted by atomic mass is 19.1. The predicted molar refractivity (Wildman–Crippen MR) is 114 cm³/mol. The van der Waals surface area contributed by atoms with E-state index in [9.17, 15) is 28.0 Å². The van der Waals surface area contributed by atoms with Gasteiger partial charge in [-0.1, -0.05) is 0 Å². The Hall–Kier alpha value is -3.82. The standard InChI is InChI=1S/C22H24F2N4O4/c1-2-28(12-10-19(29)27-16-6-3-14(4-7-16)21(25)31)20(30)9-11-26-22(32)17-8-5-15(23)13-18(17)24/h3-8,13H,2,9-12H2,1H3,(H2,25,31)(H,26,32)(H,27,29). The van der Waals surface area contributed by atoms with Crippen molar-refractivity contribution in [3.63, 3.8) is 0 Å². The summed E-state index contributed by atoms with van der Waals surface area (Å²) < 4.78 is 26.5. The Bertz CT molecular complexity index is 996. The Morgan fingerprint density at radius 1 is 1.00 bits per heavy atom. The maximum absolute atomic E-state index is 13.6. The zero-order chi connectivity index (χ0) is 23.7. The molecule has 0 aliphatic heterocycles. The van der Waals surface area contributed by atoms with Gasteiger partial charge in [0.15, 0.2) is 0 Å². The monoisotopic (exact) mass is 446 g/mol. The molecule has 0 atom stereocenters. The lowest BCUT2D eigenvalue weighted by atomic mass is 10.2. The normalized spacial score (nSPS) is 10.3. The predicted octanol–water partition coefficient (Wildman–Crippen LogP) is 2.06. The van der Waals surface area contributed by atoms with Crippen LogP contribution in [-0.2, 0) is 9.59 Å². The molecule has 2 aromatic carbocycles. The van der Waals surface area contributed by atoms with Crippen LogP contribution < -0.4 is 16.4 Å². The summed E-state index contributed by atoms with van der Waals surface area (Å²) in [5.74, 6) is -3.70. The molecule has 10 heteroatoms. The molecule has 0 aliphatic carbocycles. The quantitative estimate of drug-likeness (QED) is 0.517. The minimum Gasteiger partial charge on any atom is -0.366 e. The molecule has 8 nitrogen and oxygen atoms in total. The van der Waals surface area contributed by atoms with Crippen molar-refractivity contribution in [2.24, 2.45) is 5.73 Å². The van der Waals surface area contributed by atoms with Crippen molar-refractivity contribution in [3.05, 3.63) is 65.2 Å². The number of primary amides is 1. The highest BCUT2D eigenvalue weighted by Gasteiger charge is 2.16. The van der Waals surface area contributed by atoms with Crippen LogP contribution in [0, 0.1) is 11.6 Å². The van der Waals surface area contributed by atoms with Crippen LogP contribution in [0.2, 0.25) is 0 Å². The van der Waals surface area contributed by atoms with Crippen LogP contribution in [0.4, 0.5) is 14.5 Å². The molecule has 32 heavy (non-hydrogen) atoms. The number of carbonyl (C=O) groups is 4. The largest absolute Gasteiger partial charge is 0.366 e. The highest BCUT2D eigenvalue weighted by Crippen LogP contribution is 2.11. The van der Waals surface area contributed by atoms with Crippen LogP contribution in [0.25, 0.3) is 0 Å². The van der Waals surface area contributed by atoms with Crippen LogP contribution in [0.5, 0.6) is 0 Å². The number of hydrogen-bond acceptors (Lipinski definition) is 4. The summed E-state index contributed by atoms with van der Waals surface area (Å²) in [4.78, 5) is 49.0. The fraction of sp³-hybridized carbons (Fsp3) is 0.273. The number of anilines is 1. The second-order valence-electron chi connectivity index (χ2n) is 6.84. The van der Waals surface area contributed by atoms with Crippen molar-refractivity contribution in [2.45, 2.75) is 19.8 Å². The van der Waals surface area contributed by atoms with Crippen molar-refractivity contribution in [2.75, 3.05) is 25.0 Å². The minimum absolute atomic E-state index is 0.0383. The van der Waals surface area contributed by atoms with Gasteiger partial charge in [-0.3, -0.25) is 19.2 Å². The third-order valence-electron chi connectivity index (χ3n) is 4.60. The Labute approximate surface area is 183 Å². The average Bonchev–Trinajstić information content (AvgIpc) is 2.74. The lowest BCUT2D eigenvalue weighted by Crippen LogP contribution is -2.36. The first-order valence-electron chi connectivity index (χ1n) is 9.92. The third-order valence-corrected chi connectivity index (χ3v) is 4.60. The first kappa shape index (κ1) is 24.4. The zero-order valence-electron chi connectivity index (χ0n) is 17.5. The molecule has 0 saturated carbocycles. The molecular formula is C22H24F2N4O4. The van der Waals surface area contributed by atoms with Gasteiger partial charge in [-0.2, -0.15) is 0 Å². The van der Waals surface area contributed by atoms with Gasteiger partial charge in [0.1, 0.15) is 11.6 Å². The third kappa shape index (κ3) is 7.15. The zero-order valence-corrected chi connectivity index (χ0v) is 17.5. The summed E-state index contributed by atoms with van der Waals surface area (Å²) in [5, 5.41) is 5.08. The van der Waals surface area contributed by atoms with E-state index in [2.05, 4.69) is 10.6 Å². The Balaban J connectivity index is 1.77. The van der Waals surface area contributed by atoms with Gasteiger partial charge in [-0.05, 0) is 43.3 Å². The first-order chi connectivity index (χ1) is 15.2. The number of rotatable bonds is 10. The van der Waals surface area contributed by atoms with Crippen LogP contribution in [0.15, 0.2) is 42.5 Å². The molecular weight excluding hydrogens is 422 g/mol. The van der Waals surface area contributed by atoms with Gasteiger partial charge in [-0.25, -0.2) is 8.78 Å². The molecule has 0 unspecified atom stereocenters. The Morgan fingerprint density at radius 2 is 1.69 bits per heavy atom. The molecule has 0 fully saturated rings. The minimum atomic E-state index is -0.987. The molecule has 0 aromatic heterocycles. The molecule has 0 radical (unpaired) electrons. The van der Waals surface area contributed by atoms with E-state index in [1.807, 2.05) is 0 Å². The molecule has 0 heterocycles. The van der Waals surface area contributed by atoms with Crippen LogP contribution >= 0.6 is 0 Å². The van der Waals surface area contributed by atoms with Gasteiger partial charge < -0.3 is 21.3 Å². The van der Waals surface area contributed by atoms with Crippen molar-refractivity contribution >= 4 is 29.3 Å². The van der Waals surface area contributed by atoms with E-state index < -0.39 is 23.4 Å². The topological polar surface area (TPSA) is 122 Å². The van der Waals surface area contributed by atoms with E-state index in [1.165, 1.54) is 17.0 Å². The summed E-state index contributed by atoms with van der Waals surface area (Å²) in [6.07, 6.45) is 0.00287. The summed E-state index contributed by atoms with van der Waals surface area (Å²) in [5.41, 5.74) is 5.66. The first-order valence-corrected chi connectivity index (χ1v) is 9.92. The van der Waals surface area contributed by atoms with Crippen molar-refractivity contribution in [3.8, 4) is 0 Å².